The molecule has 2 rings (SSSR count). The molecule has 0 aliphatic rings. The van der Waals surface area contributed by atoms with Crippen molar-refractivity contribution in [2.45, 2.75) is 26.8 Å². The van der Waals surface area contributed by atoms with Gasteiger partial charge in [0.1, 0.15) is 11.6 Å². The third kappa shape index (κ3) is 2.67. The lowest BCUT2D eigenvalue weighted by Crippen LogP contribution is -1.97. The Kier molecular flexibility index (Phi) is 3.81. The van der Waals surface area contributed by atoms with Gasteiger partial charge < -0.3 is 9.30 Å². The second kappa shape index (κ2) is 5.53. The van der Waals surface area contributed by atoms with Crippen LogP contribution in [0, 0.1) is 0 Å². The summed E-state index contributed by atoms with van der Waals surface area (Å²) in [6, 6.07) is 8.11. The minimum atomic E-state index is 0.767. The van der Waals surface area contributed by atoms with Gasteiger partial charge in [-0.15, -0.1) is 0 Å². The average molecular weight is 230 g/mol. The number of rotatable bonds is 5. The minimum Gasteiger partial charge on any atom is -0.494 e. The lowest BCUT2D eigenvalue weighted by Gasteiger charge is -2.07. The van der Waals surface area contributed by atoms with Crippen LogP contribution in [0.25, 0.3) is 11.4 Å². The fourth-order valence-corrected chi connectivity index (χ4v) is 1.74. The van der Waals surface area contributed by atoms with Crippen LogP contribution in [-0.4, -0.2) is 16.2 Å². The van der Waals surface area contributed by atoms with Crippen molar-refractivity contribution in [2.24, 2.45) is 0 Å². The maximum absolute atomic E-state index is 5.56. The van der Waals surface area contributed by atoms with Gasteiger partial charge in [-0.1, -0.05) is 6.92 Å². The van der Waals surface area contributed by atoms with Crippen LogP contribution in [0.1, 0.15) is 20.3 Å². The van der Waals surface area contributed by atoms with E-state index >= 15 is 0 Å². The number of hydrogen-bond acceptors (Lipinski definition) is 2. The van der Waals surface area contributed by atoms with Crippen LogP contribution in [0.2, 0.25) is 0 Å². The molecule has 3 heteroatoms. The first-order chi connectivity index (χ1) is 8.35. The summed E-state index contributed by atoms with van der Waals surface area (Å²) < 4.78 is 7.68. The lowest BCUT2D eigenvalue weighted by molar-refractivity contribution is 0.317. The first-order valence-corrected chi connectivity index (χ1v) is 6.09. The number of hydrogen-bond donors (Lipinski definition) is 0. The molecule has 0 spiro atoms. The topological polar surface area (TPSA) is 27.1 Å². The van der Waals surface area contributed by atoms with E-state index < -0.39 is 0 Å². The molecular weight excluding hydrogens is 212 g/mol. The molecule has 0 aliphatic carbocycles. The van der Waals surface area contributed by atoms with E-state index in [1.807, 2.05) is 24.5 Å². The molecule has 1 aromatic heterocycles. The second-order valence-electron chi connectivity index (χ2n) is 3.91. The van der Waals surface area contributed by atoms with Crippen LogP contribution < -0.4 is 4.74 Å². The molecule has 0 aliphatic heterocycles. The molecule has 3 nitrogen and oxygen atoms in total. The zero-order valence-corrected chi connectivity index (χ0v) is 10.4. The third-order valence-electron chi connectivity index (χ3n) is 2.64. The molecule has 0 saturated carbocycles. The Morgan fingerprint density at radius 3 is 2.59 bits per heavy atom. The number of ether oxygens (including phenoxy) is 1. The molecule has 0 N–H and O–H groups in total. The van der Waals surface area contributed by atoms with Crippen molar-refractivity contribution in [1.82, 2.24) is 9.55 Å². The molecule has 0 fully saturated rings. The molecule has 17 heavy (non-hydrogen) atoms. The number of imidazole rings is 1. The summed E-state index contributed by atoms with van der Waals surface area (Å²) in [7, 11) is 0. The largest absolute Gasteiger partial charge is 0.494 e. The fourth-order valence-electron chi connectivity index (χ4n) is 1.74. The molecule has 90 valence electrons. The molecule has 2 aromatic rings. The molecule has 1 aromatic carbocycles. The Morgan fingerprint density at radius 1 is 1.18 bits per heavy atom. The van der Waals surface area contributed by atoms with E-state index in [4.69, 9.17) is 4.74 Å². The molecule has 0 atom stereocenters. The van der Waals surface area contributed by atoms with Gasteiger partial charge in [0, 0.05) is 24.5 Å². The predicted octanol–water partition coefficient (Wildman–Crippen LogP) is 3.36. The summed E-state index contributed by atoms with van der Waals surface area (Å²) in [6.07, 6.45) is 4.86. The van der Waals surface area contributed by atoms with E-state index in [-0.39, 0.29) is 0 Å². The van der Waals surface area contributed by atoms with E-state index in [0.29, 0.717) is 0 Å². The standard InChI is InChI=1S/C14H18N2O/c1-3-11-17-13-7-5-12(6-8-13)14-15-9-10-16(14)4-2/h5-10H,3-4,11H2,1-2H3. The summed E-state index contributed by atoms with van der Waals surface area (Å²) in [5, 5.41) is 0. The highest BCUT2D eigenvalue weighted by Crippen LogP contribution is 2.21. The first-order valence-electron chi connectivity index (χ1n) is 6.09. The second-order valence-corrected chi connectivity index (χ2v) is 3.91. The van der Waals surface area contributed by atoms with Crippen molar-refractivity contribution >= 4 is 0 Å². The Balaban J connectivity index is 2.17. The van der Waals surface area contributed by atoms with Crippen molar-refractivity contribution in [3.05, 3.63) is 36.7 Å². The highest BCUT2D eigenvalue weighted by molar-refractivity contribution is 5.56. The average Bonchev–Trinajstić information content (AvgIpc) is 2.85. The SMILES string of the molecule is CCCOc1ccc(-c2nccn2CC)cc1. The maximum atomic E-state index is 5.56. The van der Waals surface area contributed by atoms with Crippen LogP contribution in [0.15, 0.2) is 36.7 Å². The fraction of sp³-hybridized carbons (Fsp3) is 0.357. The lowest BCUT2D eigenvalue weighted by atomic mass is 10.2. The van der Waals surface area contributed by atoms with Crippen LogP contribution in [0.4, 0.5) is 0 Å². The molecule has 0 amide bonds. The van der Waals surface area contributed by atoms with Gasteiger partial charge >= 0.3 is 0 Å². The molecule has 0 bridgehead atoms. The Morgan fingerprint density at radius 2 is 1.94 bits per heavy atom. The van der Waals surface area contributed by atoms with Crippen molar-refractivity contribution in [3.63, 3.8) is 0 Å². The molecule has 0 unspecified atom stereocenters. The normalized spacial score (nSPS) is 10.5. The molecular formula is C14H18N2O. The van der Waals surface area contributed by atoms with Gasteiger partial charge in [-0.25, -0.2) is 4.98 Å². The summed E-state index contributed by atoms with van der Waals surface area (Å²) in [5.74, 6) is 1.93. The van der Waals surface area contributed by atoms with Gasteiger partial charge in [-0.05, 0) is 37.6 Å². The summed E-state index contributed by atoms with van der Waals surface area (Å²) in [4.78, 5) is 4.37. The number of aryl methyl sites for hydroxylation is 1. The van der Waals surface area contributed by atoms with E-state index in [2.05, 4.69) is 35.5 Å². The van der Waals surface area contributed by atoms with Crippen LogP contribution in [0.5, 0.6) is 5.75 Å². The Bertz CT molecular complexity index is 459. The predicted molar refractivity (Wildman–Crippen MR) is 69.1 cm³/mol. The van der Waals surface area contributed by atoms with Crippen molar-refractivity contribution < 1.29 is 4.74 Å². The summed E-state index contributed by atoms with van der Waals surface area (Å²) >= 11 is 0. The Hall–Kier alpha value is -1.77. The van der Waals surface area contributed by atoms with Gasteiger partial charge in [-0.2, -0.15) is 0 Å². The van der Waals surface area contributed by atoms with Gasteiger partial charge in [0.2, 0.25) is 0 Å². The van der Waals surface area contributed by atoms with Crippen molar-refractivity contribution in [2.75, 3.05) is 6.61 Å². The van der Waals surface area contributed by atoms with Crippen LogP contribution in [-0.2, 0) is 6.54 Å². The van der Waals surface area contributed by atoms with Gasteiger partial charge in [0.15, 0.2) is 0 Å². The summed E-state index contributed by atoms with van der Waals surface area (Å²) in [6.45, 7) is 5.92. The highest BCUT2D eigenvalue weighted by Gasteiger charge is 2.04. The molecule has 0 radical (unpaired) electrons. The van der Waals surface area contributed by atoms with E-state index in [0.717, 1.165) is 36.7 Å². The molecule has 0 saturated heterocycles. The highest BCUT2D eigenvalue weighted by atomic mass is 16.5. The monoisotopic (exact) mass is 230 g/mol. The van der Waals surface area contributed by atoms with Crippen LogP contribution in [0.3, 0.4) is 0 Å². The summed E-state index contributed by atoms with van der Waals surface area (Å²) in [5.41, 5.74) is 1.13. The van der Waals surface area contributed by atoms with Gasteiger partial charge in [0.25, 0.3) is 0 Å². The number of benzene rings is 1. The van der Waals surface area contributed by atoms with Crippen molar-refractivity contribution in [1.29, 1.82) is 0 Å². The number of nitrogens with zero attached hydrogens (tertiary/aromatic N) is 2. The minimum absolute atomic E-state index is 0.767. The van der Waals surface area contributed by atoms with E-state index in [9.17, 15) is 0 Å². The quantitative estimate of drug-likeness (QED) is 0.787. The maximum Gasteiger partial charge on any atom is 0.139 e. The van der Waals surface area contributed by atoms with Crippen molar-refractivity contribution in [3.8, 4) is 17.1 Å². The molecule has 1 heterocycles. The smallest absolute Gasteiger partial charge is 0.139 e. The number of aromatic nitrogens is 2. The first kappa shape index (κ1) is 11.7. The third-order valence-corrected chi connectivity index (χ3v) is 2.64. The van der Waals surface area contributed by atoms with Crippen LogP contribution >= 0.6 is 0 Å². The zero-order chi connectivity index (χ0) is 12.1. The van der Waals surface area contributed by atoms with Gasteiger partial charge in [0.05, 0.1) is 6.61 Å². The van der Waals surface area contributed by atoms with E-state index in [1.54, 1.807) is 0 Å². The van der Waals surface area contributed by atoms with Gasteiger partial charge in [-0.3, -0.25) is 0 Å². The zero-order valence-electron chi connectivity index (χ0n) is 10.4. The Labute approximate surface area is 102 Å². The van der Waals surface area contributed by atoms with E-state index in [1.165, 1.54) is 0 Å².